The van der Waals surface area contributed by atoms with Crippen LogP contribution >= 0.6 is 0 Å². The van der Waals surface area contributed by atoms with Gasteiger partial charge in [0, 0.05) is 13.0 Å². The Morgan fingerprint density at radius 1 is 0.523 bits per heavy atom. The smallest absolute Gasteiger partial charge is 0.308 e. The van der Waals surface area contributed by atoms with Crippen LogP contribution in [0.2, 0.25) is 0 Å². The molecule has 0 saturated carbocycles. The van der Waals surface area contributed by atoms with Crippen molar-refractivity contribution in [3.05, 3.63) is 0 Å². The van der Waals surface area contributed by atoms with Crippen LogP contribution in [0, 0.1) is 5.92 Å². The van der Waals surface area contributed by atoms with Gasteiger partial charge in [0.2, 0.25) is 0 Å². The SMILES string of the molecule is CCCCCCOC(=O)CCCCCCCN(CCO)CCCCCCCCCOC(=O)C(CCCCC)CCCCCC. The summed E-state index contributed by atoms with van der Waals surface area (Å²) in [5.74, 6) is 0.123. The van der Waals surface area contributed by atoms with E-state index in [0.717, 1.165) is 96.7 Å². The molecule has 0 radical (unpaired) electrons. The summed E-state index contributed by atoms with van der Waals surface area (Å²) in [5, 5.41) is 9.46. The molecule has 0 aromatic heterocycles. The van der Waals surface area contributed by atoms with E-state index in [9.17, 15) is 14.7 Å². The Bertz CT molecular complexity index is 614. The number of hydrogen-bond acceptors (Lipinski definition) is 6. The van der Waals surface area contributed by atoms with Crippen LogP contribution in [0.3, 0.4) is 0 Å². The molecule has 0 saturated heterocycles. The number of ether oxygens (including phenoxy) is 2. The van der Waals surface area contributed by atoms with Crippen molar-refractivity contribution in [2.45, 2.75) is 188 Å². The fraction of sp³-hybridized carbons (Fsp3) is 0.947. The molecule has 0 bridgehead atoms. The molecule has 0 spiro atoms. The Kier molecular flexibility index (Phi) is 33.8. The maximum Gasteiger partial charge on any atom is 0.308 e. The molecule has 0 heterocycles. The van der Waals surface area contributed by atoms with Crippen molar-refractivity contribution >= 4 is 11.9 Å². The highest BCUT2D eigenvalue weighted by Gasteiger charge is 2.19. The van der Waals surface area contributed by atoms with Gasteiger partial charge in [-0.25, -0.2) is 0 Å². The van der Waals surface area contributed by atoms with E-state index in [4.69, 9.17) is 9.47 Å². The first-order chi connectivity index (χ1) is 21.6. The average molecular weight is 626 g/mol. The van der Waals surface area contributed by atoms with Gasteiger partial charge in [-0.15, -0.1) is 0 Å². The Morgan fingerprint density at radius 2 is 0.955 bits per heavy atom. The van der Waals surface area contributed by atoms with Crippen molar-refractivity contribution in [3.63, 3.8) is 0 Å². The van der Waals surface area contributed by atoms with E-state index in [0.29, 0.717) is 19.6 Å². The zero-order valence-electron chi connectivity index (χ0n) is 29.7. The summed E-state index contributed by atoms with van der Waals surface area (Å²) >= 11 is 0. The Balaban J connectivity index is 3.77. The predicted molar refractivity (Wildman–Crippen MR) is 186 cm³/mol. The second kappa shape index (κ2) is 34.7. The number of aliphatic hydroxyl groups is 1. The molecule has 6 nitrogen and oxygen atoms in total. The van der Waals surface area contributed by atoms with Crippen LogP contribution in [-0.4, -0.2) is 61.4 Å². The van der Waals surface area contributed by atoms with Gasteiger partial charge >= 0.3 is 11.9 Å². The number of hydrogen-bond donors (Lipinski definition) is 1. The lowest BCUT2D eigenvalue weighted by Gasteiger charge is -2.21. The molecule has 0 aromatic rings. The molecular formula is C38H75NO5. The van der Waals surface area contributed by atoms with Crippen LogP contribution in [-0.2, 0) is 19.1 Å². The highest BCUT2D eigenvalue weighted by Crippen LogP contribution is 2.20. The summed E-state index contributed by atoms with van der Waals surface area (Å²) in [6.45, 7) is 10.9. The minimum absolute atomic E-state index is 0.0360. The number of esters is 2. The molecule has 1 unspecified atom stereocenters. The second-order valence-corrected chi connectivity index (χ2v) is 13.0. The van der Waals surface area contributed by atoms with Gasteiger partial charge in [0.25, 0.3) is 0 Å². The molecule has 0 rings (SSSR count). The summed E-state index contributed by atoms with van der Waals surface area (Å²) in [6.07, 6.45) is 29.3. The predicted octanol–water partition coefficient (Wildman–Crippen LogP) is 10.2. The van der Waals surface area contributed by atoms with Crippen LogP contribution in [0.1, 0.15) is 188 Å². The van der Waals surface area contributed by atoms with E-state index in [-0.39, 0.29) is 24.5 Å². The van der Waals surface area contributed by atoms with Gasteiger partial charge in [-0.2, -0.15) is 0 Å². The zero-order chi connectivity index (χ0) is 32.4. The molecule has 0 aliphatic carbocycles. The number of unbranched alkanes of at least 4 members (excludes halogenated alkanes) is 18. The van der Waals surface area contributed by atoms with Crippen LogP contribution in [0.25, 0.3) is 0 Å². The van der Waals surface area contributed by atoms with Gasteiger partial charge < -0.3 is 19.5 Å². The summed E-state index contributed by atoms with van der Waals surface area (Å²) in [7, 11) is 0. The maximum atomic E-state index is 12.7. The van der Waals surface area contributed by atoms with Crippen molar-refractivity contribution in [1.82, 2.24) is 4.90 Å². The molecule has 6 heteroatoms. The minimum Gasteiger partial charge on any atom is -0.466 e. The molecule has 0 fully saturated rings. The van der Waals surface area contributed by atoms with Crippen molar-refractivity contribution in [2.24, 2.45) is 5.92 Å². The van der Waals surface area contributed by atoms with Crippen LogP contribution in [0.4, 0.5) is 0 Å². The summed E-state index contributed by atoms with van der Waals surface area (Å²) < 4.78 is 11.0. The maximum absolute atomic E-state index is 12.7. The molecule has 1 N–H and O–H groups in total. The third-order valence-electron chi connectivity index (χ3n) is 8.79. The van der Waals surface area contributed by atoms with E-state index in [1.807, 2.05) is 0 Å². The second-order valence-electron chi connectivity index (χ2n) is 13.0. The van der Waals surface area contributed by atoms with Crippen LogP contribution in [0.15, 0.2) is 0 Å². The molecule has 44 heavy (non-hydrogen) atoms. The molecule has 262 valence electrons. The zero-order valence-corrected chi connectivity index (χ0v) is 29.7. The molecule has 1 atom stereocenters. The number of carbonyl (C=O) groups is 2. The van der Waals surface area contributed by atoms with Gasteiger partial charge in [-0.3, -0.25) is 9.59 Å². The summed E-state index contributed by atoms with van der Waals surface area (Å²) in [4.78, 5) is 26.9. The molecular weight excluding hydrogens is 550 g/mol. The first-order valence-electron chi connectivity index (χ1n) is 19.2. The lowest BCUT2D eigenvalue weighted by Crippen LogP contribution is -2.29. The number of rotatable bonds is 35. The highest BCUT2D eigenvalue weighted by atomic mass is 16.5. The molecule has 0 aromatic carbocycles. The quantitative estimate of drug-likeness (QED) is 0.0558. The van der Waals surface area contributed by atoms with Crippen molar-refractivity contribution in [3.8, 4) is 0 Å². The number of aliphatic hydroxyl groups excluding tert-OH is 1. The van der Waals surface area contributed by atoms with E-state index < -0.39 is 0 Å². The fourth-order valence-electron chi connectivity index (χ4n) is 5.85. The number of carbonyl (C=O) groups excluding carboxylic acids is 2. The third-order valence-corrected chi connectivity index (χ3v) is 8.79. The van der Waals surface area contributed by atoms with Crippen molar-refractivity contribution in [2.75, 3.05) is 39.5 Å². The first kappa shape index (κ1) is 42.9. The Morgan fingerprint density at radius 3 is 1.52 bits per heavy atom. The summed E-state index contributed by atoms with van der Waals surface area (Å²) in [5.41, 5.74) is 0. The van der Waals surface area contributed by atoms with Gasteiger partial charge in [0.1, 0.15) is 0 Å². The molecule has 0 aliphatic rings. The normalized spacial score (nSPS) is 12.1. The van der Waals surface area contributed by atoms with E-state index in [2.05, 4.69) is 25.7 Å². The minimum atomic E-state index is -0.0360. The highest BCUT2D eigenvalue weighted by molar-refractivity contribution is 5.72. The average Bonchev–Trinajstić information content (AvgIpc) is 3.02. The summed E-state index contributed by atoms with van der Waals surface area (Å²) in [6, 6.07) is 0. The largest absolute Gasteiger partial charge is 0.466 e. The standard InChI is InChI=1S/C38H75NO5/c1-4-7-10-21-28-36(27-20-9-6-3)38(42)44-35-26-19-14-12-13-17-23-30-39(32-33-40)31-24-18-15-16-22-29-37(41)43-34-25-11-8-5-2/h36,40H,4-35H2,1-3H3. The van der Waals surface area contributed by atoms with Crippen LogP contribution in [0.5, 0.6) is 0 Å². The fourth-order valence-corrected chi connectivity index (χ4v) is 5.85. The lowest BCUT2D eigenvalue weighted by molar-refractivity contribution is -0.149. The first-order valence-corrected chi connectivity index (χ1v) is 19.2. The van der Waals surface area contributed by atoms with Gasteiger partial charge in [0.05, 0.1) is 25.7 Å². The lowest BCUT2D eigenvalue weighted by atomic mass is 9.95. The third kappa shape index (κ3) is 29.6. The van der Waals surface area contributed by atoms with Crippen LogP contribution < -0.4 is 0 Å². The van der Waals surface area contributed by atoms with E-state index in [1.54, 1.807) is 0 Å². The van der Waals surface area contributed by atoms with Gasteiger partial charge in [0.15, 0.2) is 0 Å². The topological polar surface area (TPSA) is 76.1 Å². The number of nitrogens with zero attached hydrogens (tertiary/aromatic N) is 1. The van der Waals surface area contributed by atoms with Crippen molar-refractivity contribution < 1.29 is 24.2 Å². The Labute approximate surface area is 273 Å². The van der Waals surface area contributed by atoms with Gasteiger partial charge in [-0.1, -0.05) is 136 Å². The van der Waals surface area contributed by atoms with Gasteiger partial charge in [-0.05, 0) is 58.0 Å². The van der Waals surface area contributed by atoms with E-state index >= 15 is 0 Å². The molecule has 0 amide bonds. The van der Waals surface area contributed by atoms with Crippen molar-refractivity contribution in [1.29, 1.82) is 0 Å². The Hall–Kier alpha value is -1.14. The monoisotopic (exact) mass is 626 g/mol. The molecule has 0 aliphatic heterocycles. The van der Waals surface area contributed by atoms with E-state index in [1.165, 1.54) is 83.5 Å².